The highest BCUT2D eigenvalue weighted by molar-refractivity contribution is 9.10. The zero-order valence-electron chi connectivity index (χ0n) is 11.5. The molecule has 1 fully saturated rings. The molecule has 0 aromatic heterocycles. The summed E-state index contributed by atoms with van der Waals surface area (Å²) in [6.45, 7) is 6.83. The molecule has 19 heavy (non-hydrogen) atoms. The van der Waals surface area contributed by atoms with Crippen molar-refractivity contribution < 1.29 is 4.39 Å². The molecule has 1 aromatic rings. The van der Waals surface area contributed by atoms with E-state index in [-0.39, 0.29) is 11.9 Å². The lowest BCUT2D eigenvalue weighted by atomic mass is 10.1. The van der Waals surface area contributed by atoms with Crippen LogP contribution < -0.4 is 5.32 Å². The van der Waals surface area contributed by atoms with E-state index in [4.69, 9.17) is 0 Å². The Bertz CT molecular complexity index is 405. The van der Waals surface area contributed by atoms with Crippen LogP contribution in [0, 0.1) is 5.82 Å². The van der Waals surface area contributed by atoms with Crippen molar-refractivity contribution in [3.05, 3.63) is 34.1 Å². The van der Waals surface area contributed by atoms with Crippen LogP contribution in [0.4, 0.5) is 4.39 Å². The summed E-state index contributed by atoms with van der Waals surface area (Å²) in [7, 11) is 0. The van der Waals surface area contributed by atoms with Crippen LogP contribution >= 0.6 is 15.9 Å². The molecule has 0 aliphatic carbocycles. The minimum Gasteiger partial charge on any atom is -0.310 e. The number of nitrogens with one attached hydrogen (secondary N) is 1. The third kappa shape index (κ3) is 4.55. The van der Waals surface area contributed by atoms with E-state index in [0.717, 1.165) is 16.6 Å². The number of hydrogen-bond acceptors (Lipinski definition) is 2. The van der Waals surface area contributed by atoms with Gasteiger partial charge in [-0.05, 0) is 70.1 Å². The average molecular weight is 329 g/mol. The summed E-state index contributed by atoms with van der Waals surface area (Å²) in [5.74, 6) is -0.197. The van der Waals surface area contributed by atoms with Crippen LogP contribution in [0.2, 0.25) is 0 Å². The van der Waals surface area contributed by atoms with Crippen LogP contribution in [0.5, 0.6) is 0 Å². The lowest BCUT2D eigenvalue weighted by Crippen LogP contribution is -2.26. The molecule has 0 saturated carbocycles. The summed E-state index contributed by atoms with van der Waals surface area (Å²) in [6, 6.07) is 5.13. The van der Waals surface area contributed by atoms with Gasteiger partial charge in [0.15, 0.2) is 0 Å². The van der Waals surface area contributed by atoms with Crippen LogP contribution in [-0.2, 0) is 0 Å². The minimum atomic E-state index is -0.197. The van der Waals surface area contributed by atoms with Crippen molar-refractivity contribution in [2.75, 3.05) is 26.2 Å². The molecule has 4 heteroatoms. The Labute approximate surface area is 123 Å². The summed E-state index contributed by atoms with van der Waals surface area (Å²) >= 11 is 3.42. The molecule has 0 amide bonds. The van der Waals surface area contributed by atoms with Crippen molar-refractivity contribution in [1.29, 1.82) is 0 Å². The first-order chi connectivity index (χ1) is 9.16. The summed E-state index contributed by atoms with van der Waals surface area (Å²) in [6.07, 6.45) is 3.88. The molecule has 2 rings (SSSR count). The zero-order valence-corrected chi connectivity index (χ0v) is 13.0. The van der Waals surface area contributed by atoms with E-state index in [2.05, 4.69) is 33.1 Å². The summed E-state index contributed by atoms with van der Waals surface area (Å²) in [5, 5.41) is 3.50. The monoisotopic (exact) mass is 328 g/mol. The van der Waals surface area contributed by atoms with Crippen molar-refractivity contribution in [2.45, 2.75) is 32.2 Å². The van der Waals surface area contributed by atoms with Gasteiger partial charge in [-0.25, -0.2) is 4.39 Å². The Morgan fingerprint density at radius 1 is 1.37 bits per heavy atom. The van der Waals surface area contributed by atoms with E-state index in [1.807, 2.05) is 6.07 Å². The smallest absolute Gasteiger partial charge is 0.124 e. The van der Waals surface area contributed by atoms with E-state index in [1.54, 1.807) is 0 Å². The fourth-order valence-corrected chi connectivity index (χ4v) is 3.28. The van der Waals surface area contributed by atoms with Crippen LogP contribution in [0.25, 0.3) is 0 Å². The van der Waals surface area contributed by atoms with Gasteiger partial charge in [0.05, 0.1) is 0 Å². The second-order valence-electron chi connectivity index (χ2n) is 5.24. The normalized spacial score (nSPS) is 17.8. The molecule has 1 unspecified atom stereocenters. The predicted molar refractivity (Wildman–Crippen MR) is 80.8 cm³/mol. The van der Waals surface area contributed by atoms with Crippen LogP contribution in [0.1, 0.15) is 37.8 Å². The van der Waals surface area contributed by atoms with E-state index >= 15 is 0 Å². The first-order valence-corrected chi connectivity index (χ1v) is 7.87. The average Bonchev–Trinajstić information content (AvgIpc) is 2.87. The first-order valence-electron chi connectivity index (χ1n) is 7.07. The molecular formula is C15H22BrFN2. The second kappa shape index (κ2) is 7.36. The molecule has 0 radical (unpaired) electrons. The van der Waals surface area contributed by atoms with Gasteiger partial charge in [-0.3, -0.25) is 0 Å². The largest absolute Gasteiger partial charge is 0.310 e. The van der Waals surface area contributed by atoms with E-state index in [0.29, 0.717) is 0 Å². The number of likely N-dealkylation sites (tertiary alicyclic amines) is 1. The number of rotatable bonds is 6. The molecule has 1 aliphatic rings. The Hall–Kier alpha value is -0.450. The number of halogens is 2. The predicted octanol–water partition coefficient (Wildman–Crippen LogP) is 3.72. The minimum absolute atomic E-state index is 0.197. The van der Waals surface area contributed by atoms with Crippen LogP contribution in [0.3, 0.4) is 0 Å². The molecule has 2 nitrogen and oxygen atoms in total. The van der Waals surface area contributed by atoms with Gasteiger partial charge >= 0.3 is 0 Å². The van der Waals surface area contributed by atoms with Crippen LogP contribution in [-0.4, -0.2) is 31.1 Å². The Morgan fingerprint density at radius 3 is 2.79 bits per heavy atom. The Balaban J connectivity index is 1.72. The van der Waals surface area contributed by atoms with Gasteiger partial charge in [0.25, 0.3) is 0 Å². The van der Waals surface area contributed by atoms with Gasteiger partial charge in [0.1, 0.15) is 5.82 Å². The van der Waals surface area contributed by atoms with Crippen molar-refractivity contribution in [3.63, 3.8) is 0 Å². The van der Waals surface area contributed by atoms with Gasteiger partial charge in [-0.15, -0.1) is 0 Å². The quantitative estimate of drug-likeness (QED) is 0.800. The Morgan fingerprint density at radius 2 is 2.11 bits per heavy atom. The molecule has 1 aromatic carbocycles. The molecule has 106 valence electrons. The van der Waals surface area contributed by atoms with Crippen molar-refractivity contribution in [1.82, 2.24) is 10.2 Å². The highest BCUT2D eigenvalue weighted by Crippen LogP contribution is 2.24. The maximum atomic E-state index is 13.0. The van der Waals surface area contributed by atoms with Gasteiger partial charge in [0.2, 0.25) is 0 Å². The first kappa shape index (κ1) is 14.9. The summed E-state index contributed by atoms with van der Waals surface area (Å²) < 4.78 is 13.9. The van der Waals surface area contributed by atoms with Gasteiger partial charge in [-0.1, -0.05) is 22.0 Å². The van der Waals surface area contributed by atoms with Crippen molar-refractivity contribution in [2.24, 2.45) is 0 Å². The Kier molecular flexibility index (Phi) is 5.79. The fraction of sp³-hybridized carbons (Fsp3) is 0.600. The zero-order chi connectivity index (χ0) is 13.7. The summed E-state index contributed by atoms with van der Waals surface area (Å²) in [4.78, 5) is 2.53. The maximum Gasteiger partial charge on any atom is 0.124 e. The van der Waals surface area contributed by atoms with E-state index in [1.165, 1.54) is 51.0 Å². The summed E-state index contributed by atoms with van der Waals surface area (Å²) in [5.41, 5.74) is 1.11. The molecule has 1 N–H and O–H groups in total. The fourth-order valence-electron chi connectivity index (χ4n) is 2.59. The van der Waals surface area contributed by atoms with Crippen molar-refractivity contribution in [3.8, 4) is 0 Å². The number of nitrogens with zero attached hydrogens (tertiary/aromatic N) is 1. The SMILES string of the molecule is CC(NCCCN1CCCC1)c1ccc(F)cc1Br. The molecule has 1 heterocycles. The highest BCUT2D eigenvalue weighted by atomic mass is 79.9. The van der Waals surface area contributed by atoms with Gasteiger partial charge < -0.3 is 10.2 Å². The molecule has 1 saturated heterocycles. The standard InChI is InChI=1S/C15H22BrFN2/c1-12(14-6-5-13(17)11-15(14)16)18-7-4-10-19-8-2-3-9-19/h5-6,11-12,18H,2-4,7-10H2,1H3. The molecule has 0 spiro atoms. The van der Waals surface area contributed by atoms with Crippen molar-refractivity contribution >= 4 is 15.9 Å². The van der Waals surface area contributed by atoms with Gasteiger partial charge in [-0.2, -0.15) is 0 Å². The molecule has 1 atom stereocenters. The van der Waals surface area contributed by atoms with Crippen LogP contribution in [0.15, 0.2) is 22.7 Å². The lowest BCUT2D eigenvalue weighted by Gasteiger charge is -2.18. The third-order valence-corrected chi connectivity index (χ3v) is 4.42. The maximum absolute atomic E-state index is 13.0. The number of benzene rings is 1. The topological polar surface area (TPSA) is 15.3 Å². The molecule has 1 aliphatic heterocycles. The number of hydrogen-bond donors (Lipinski definition) is 1. The second-order valence-corrected chi connectivity index (χ2v) is 6.10. The van der Waals surface area contributed by atoms with E-state index < -0.39 is 0 Å². The lowest BCUT2D eigenvalue weighted by molar-refractivity contribution is 0.328. The highest BCUT2D eigenvalue weighted by Gasteiger charge is 2.12. The molecular weight excluding hydrogens is 307 g/mol. The molecule has 0 bridgehead atoms. The third-order valence-electron chi connectivity index (χ3n) is 3.73. The van der Waals surface area contributed by atoms with Gasteiger partial charge in [0, 0.05) is 10.5 Å². The van der Waals surface area contributed by atoms with E-state index in [9.17, 15) is 4.39 Å².